The number of carbonyl (C=O) groups excluding carboxylic acids is 2. The minimum Gasteiger partial charge on any atom is -0.491 e. The zero-order chi connectivity index (χ0) is 18.4. The number of hydrogen-bond donors (Lipinski definition) is 2. The van der Waals surface area contributed by atoms with Gasteiger partial charge < -0.3 is 20.1 Å². The van der Waals surface area contributed by atoms with Crippen LogP contribution in [0.1, 0.15) is 33.6 Å². The molecule has 6 nitrogen and oxygen atoms in total. The van der Waals surface area contributed by atoms with E-state index in [9.17, 15) is 9.59 Å². The Bertz CT molecular complexity index is 750. The summed E-state index contributed by atoms with van der Waals surface area (Å²) in [6.45, 7) is 1.33. The number of anilines is 1. The van der Waals surface area contributed by atoms with E-state index in [4.69, 9.17) is 9.47 Å². The Kier molecular flexibility index (Phi) is 5.86. The fourth-order valence-corrected chi connectivity index (χ4v) is 2.72. The van der Waals surface area contributed by atoms with Crippen molar-refractivity contribution < 1.29 is 19.1 Å². The van der Waals surface area contributed by atoms with Crippen LogP contribution in [0.5, 0.6) is 5.75 Å². The van der Waals surface area contributed by atoms with E-state index in [1.54, 1.807) is 55.6 Å². The van der Waals surface area contributed by atoms with E-state index in [2.05, 4.69) is 10.6 Å². The zero-order valence-corrected chi connectivity index (χ0v) is 14.7. The zero-order valence-electron chi connectivity index (χ0n) is 14.7. The van der Waals surface area contributed by atoms with Gasteiger partial charge in [-0.05, 0) is 61.4 Å². The molecule has 6 heteroatoms. The molecule has 2 aromatic rings. The first kappa shape index (κ1) is 17.9. The van der Waals surface area contributed by atoms with Crippen LogP contribution in [0.2, 0.25) is 0 Å². The number of hydrogen-bond acceptors (Lipinski definition) is 4. The van der Waals surface area contributed by atoms with E-state index < -0.39 is 0 Å². The second-order valence-electron chi connectivity index (χ2n) is 6.08. The van der Waals surface area contributed by atoms with Crippen molar-refractivity contribution in [3.05, 3.63) is 59.7 Å². The lowest BCUT2D eigenvalue weighted by Crippen LogP contribution is -2.18. The van der Waals surface area contributed by atoms with Crippen LogP contribution in [0.25, 0.3) is 0 Å². The van der Waals surface area contributed by atoms with Crippen molar-refractivity contribution in [3.63, 3.8) is 0 Å². The fourth-order valence-electron chi connectivity index (χ4n) is 2.72. The van der Waals surface area contributed by atoms with Gasteiger partial charge in [0.1, 0.15) is 12.4 Å². The molecule has 1 unspecified atom stereocenters. The number of ether oxygens (including phenoxy) is 2. The predicted molar refractivity (Wildman–Crippen MR) is 98.7 cm³/mol. The molecule has 1 heterocycles. The Labute approximate surface area is 152 Å². The lowest BCUT2D eigenvalue weighted by atomic mass is 10.1. The molecule has 136 valence electrons. The molecule has 2 amide bonds. The van der Waals surface area contributed by atoms with Crippen LogP contribution in [0.15, 0.2) is 48.5 Å². The Balaban J connectivity index is 1.54. The van der Waals surface area contributed by atoms with Crippen molar-refractivity contribution in [3.8, 4) is 5.75 Å². The highest BCUT2D eigenvalue weighted by atomic mass is 16.5. The third-order valence-electron chi connectivity index (χ3n) is 4.21. The molecule has 1 atom stereocenters. The summed E-state index contributed by atoms with van der Waals surface area (Å²) in [4.78, 5) is 23.8. The molecule has 1 fully saturated rings. The fraction of sp³-hybridized carbons (Fsp3) is 0.300. The summed E-state index contributed by atoms with van der Waals surface area (Å²) in [5, 5.41) is 5.36. The highest BCUT2D eigenvalue weighted by Crippen LogP contribution is 2.17. The van der Waals surface area contributed by atoms with Crippen LogP contribution in [0.4, 0.5) is 5.69 Å². The van der Waals surface area contributed by atoms with Crippen LogP contribution in [-0.4, -0.2) is 38.2 Å². The first-order valence-corrected chi connectivity index (χ1v) is 8.63. The molecule has 2 N–H and O–H groups in total. The molecule has 0 radical (unpaired) electrons. The van der Waals surface area contributed by atoms with Gasteiger partial charge in [-0.2, -0.15) is 0 Å². The van der Waals surface area contributed by atoms with Crippen LogP contribution in [0.3, 0.4) is 0 Å². The molecule has 0 aliphatic carbocycles. The van der Waals surface area contributed by atoms with E-state index >= 15 is 0 Å². The van der Waals surface area contributed by atoms with Gasteiger partial charge in [-0.25, -0.2) is 0 Å². The molecule has 1 aliphatic rings. The molecule has 2 aromatic carbocycles. The lowest BCUT2D eigenvalue weighted by Gasteiger charge is -2.12. The summed E-state index contributed by atoms with van der Waals surface area (Å²) < 4.78 is 11.2. The van der Waals surface area contributed by atoms with Crippen LogP contribution < -0.4 is 15.4 Å². The monoisotopic (exact) mass is 354 g/mol. The van der Waals surface area contributed by atoms with Gasteiger partial charge in [0.05, 0.1) is 6.10 Å². The molecule has 26 heavy (non-hydrogen) atoms. The minimum atomic E-state index is -0.219. The average molecular weight is 354 g/mol. The van der Waals surface area contributed by atoms with Gasteiger partial charge in [0, 0.05) is 30.5 Å². The summed E-state index contributed by atoms with van der Waals surface area (Å²) in [5.74, 6) is 0.330. The molecule has 0 aromatic heterocycles. The van der Waals surface area contributed by atoms with Crippen LogP contribution in [-0.2, 0) is 4.74 Å². The maximum Gasteiger partial charge on any atom is 0.255 e. The quantitative estimate of drug-likeness (QED) is 0.836. The number of amides is 2. The number of nitrogens with one attached hydrogen (secondary N) is 2. The highest BCUT2D eigenvalue weighted by molar-refractivity contribution is 6.04. The van der Waals surface area contributed by atoms with Gasteiger partial charge >= 0.3 is 0 Å². The second kappa shape index (κ2) is 8.49. The topological polar surface area (TPSA) is 76.7 Å². The molecular weight excluding hydrogens is 332 g/mol. The van der Waals surface area contributed by atoms with Crippen molar-refractivity contribution in [2.45, 2.75) is 18.9 Å². The molecule has 1 aliphatic heterocycles. The van der Waals surface area contributed by atoms with Gasteiger partial charge in [0.25, 0.3) is 11.8 Å². The van der Waals surface area contributed by atoms with Gasteiger partial charge in [0.2, 0.25) is 0 Å². The Hall–Kier alpha value is -2.86. The number of carbonyl (C=O) groups is 2. The van der Waals surface area contributed by atoms with Crippen molar-refractivity contribution in [1.82, 2.24) is 5.32 Å². The normalized spacial score (nSPS) is 16.1. The molecule has 3 rings (SSSR count). The van der Waals surface area contributed by atoms with Crippen LogP contribution >= 0.6 is 0 Å². The van der Waals surface area contributed by atoms with Crippen molar-refractivity contribution in [1.29, 1.82) is 0 Å². The first-order chi connectivity index (χ1) is 12.7. The highest BCUT2D eigenvalue weighted by Gasteiger charge is 2.16. The molecule has 0 spiro atoms. The summed E-state index contributed by atoms with van der Waals surface area (Å²) in [5.41, 5.74) is 1.70. The second-order valence-corrected chi connectivity index (χ2v) is 6.08. The molecule has 0 bridgehead atoms. The van der Waals surface area contributed by atoms with Crippen molar-refractivity contribution in [2.24, 2.45) is 0 Å². The smallest absolute Gasteiger partial charge is 0.255 e. The maximum absolute atomic E-state index is 12.3. The Morgan fingerprint density at radius 2 is 1.69 bits per heavy atom. The third-order valence-corrected chi connectivity index (χ3v) is 4.21. The maximum atomic E-state index is 12.3. The summed E-state index contributed by atoms with van der Waals surface area (Å²) in [7, 11) is 1.58. The van der Waals surface area contributed by atoms with Gasteiger partial charge in [0.15, 0.2) is 0 Å². The van der Waals surface area contributed by atoms with E-state index in [1.807, 2.05) is 0 Å². The van der Waals surface area contributed by atoms with Crippen molar-refractivity contribution in [2.75, 3.05) is 25.6 Å². The molecule has 0 saturated carbocycles. The Morgan fingerprint density at radius 1 is 1.04 bits per heavy atom. The molecule has 1 saturated heterocycles. The SMILES string of the molecule is CNC(=O)c1ccc(NC(=O)c2ccc(OCC3CCCO3)cc2)cc1. The van der Waals surface area contributed by atoms with Crippen molar-refractivity contribution >= 4 is 17.5 Å². The van der Waals surface area contributed by atoms with E-state index in [-0.39, 0.29) is 17.9 Å². The predicted octanol–water partition coefficient (Wildman–Crippen LogP) is 2.86. The van der Waals surface area contributed by atoms with Gasteiger partial charge in [-0.1, -0.05) is 0 Å². The molecular formula is C20H22N2O4. The summed E-state index contributed by atoms with van der Waals surface area (Å²) in [6, 6.07) is 13.7. The van der Waals surface area contributed by atoms with E-state index in [0.29, 0.717) is 29.2 Å². The van der Waals surface area contributed by atoms with Gasteiger partial charge in [-0.15, -0.1) is 0 Å². The van der Waals surface area contributed by atoms with E-state index in [0.717, 1.165) is 19.4 Å². The summed E-state index contributed by atoms with van der Waals surface area (Å²) in [6.07, 6.45) is 2.27. The standard InChI is InChI=1S/C20H22N2O4/c1-21-19(23)14-4-8-16(9-5-14)22-20(24)15-6-10-17(11-7-15)26-13-18-3-2-12-25-18/h4-11,18H,2-3,12-13H2,1H3,(H,21,23)(H,22,24). The number of rotatable bonds is 6. The largest absolute Gasteiger partial charge is 0.491 e. The summed E-state index contributed by atoms with van der Waals surface area (Å²) >= 11 is 0. The minimum absolute atomic E-state index is 0.163. The van der Waals surface area contributed by atoms with E-state index in [1.165, 1.54) is 0 Å². The number of benzene rings is 2. The Morgan fingerprint density at radius 3 is 2.31 bits per heavy atom. The average Bonchev–Trinajstić information content (AvgIpc) is 3.20. The lowest BCUT2D eigenvalue weighted by molar-refractivity contribution is 0.0679. The van der Waals surface area contributed by atoms with Crippen LogP contribution in [0, 0.1) is 0 Å². The van der Waals surface area contributed by atoms with Gasteiger partial charge in [-0.3, -0.25) is 9.59 Å². The third kappa shape index (κ3) is 4.61. The first-order valence-electron chi connectivity index (χ1n) is 8.63.